The lowest BCUT2D eigenvalue weighted by molar-refractivity contribution is 0.342. The Morgan fingerprint density at radius 1 is 1.30 bits per heavy atom. The standard InChI is InChI=1S/C16H22N2O2/c1-5-19-16-9-13(6-7-15(16)17)18-11(3)14-8-10(2)20-12(14)4/h6-9,11,18H,5,17H2,1-4H3. The average molecular weight is 274 g/mol. The summed E-state index contributed by atoms with van der Waals surface area (Å²) in [7, 11) is 0. The summed E-state index contributed by atoms with van der Waals surface area (Å²) in [5.74, 6) is 2.59. The zero-order valence-electron chi connectivity index (χ0n) is 12.5. The number of ether oxygens (including phenoxy) is 1. The largest absolute Gasteiger partial charge is 0.492 e. The molecule has 1 aromatic carbocycles. The molecule has 0 aliphatic heterocycles. The van der Waals surface area contributed by atoms with E-state index < -0.39 is 0 Å². The van der Waals surface area contributed by atoms with E-state index in [1.54, 1.807) is 0 Å². The smallest absolute Gasteiger partial charge is 0.144 e. The van der Waals surface area contributed by atoms with Gasteiger partial charge in [0.25, 0.3) is 0 Å². The molecule has 0 aliphatic rings. The lowest BCUT2D eigenvalue weighted by Gasteiger charge is -2.16. The van der Waals surface area contributed by atoms with Crippen LogP contribution in [0.4, 0.5) is 11.4 Å². The van der Waals surface area contributed by atoms with Crippen LogP contribution < -0.4 is 15.8 Å². The third-order valence-electron chi connectivity index (χ3n) is 3.24. The van der Waals surface area contributed by atoms with Crippen molar-refractivity contribution in [3.8, 4) is 5.75 Å². The molecule has 2 aromatic rings. The first-order valence-electron chi connectivity index (χ1n) is 6.87. The Morgan fingerprint density at radius 3 is 2.65 bits per heavy atom. The number of hydrogen-bond donors (Lipinski definition) is 2. The van der Waals surface area contributed by atoms with Gasteiger partial charge in [-0.2, -0.15) is 0 Å². The van der Waals surface area contributed by atoms with E-state index in [2.05, 4.69) is 18.3 Å². The molecule has 1 aromatic heterocycles. The van der Waals surface area contributed by atoms with E-state index in [1.165, 1.54) is 0 Å². The van der Waals surface area contributed by atoms with Gasteiger partial charge in [0.1, 0.15) is 17.3 Å². The first-order valence-corrected chi connectivity index (χ1v) is 6.87. The van der Waals surface area contributed by atoms with E-state index in [0.29, 0.717) is 18.0 Å². The van der Waals surface area contributed by atoms with Crippen molar-refractivity contribution in [2.45, 2.75) is 33.7 Å². The van der Waals surface area contributed by atoms with Crippen molar-refractivity contribution >= 4 is 11.4 Å². The van der Waals surface area contributed by atoms with E-state index in [-0.39, 0.29) is 6.04 Å². The number of hydrogen-bond acceptors (Lipinski definition) is 4. The number of rotatable bonds is 5. The third kappa shape index (κ3) is 3.07. The summed E-state index contributed by atoms with van der Waals surface area (Å²) >= 11 is 0. The van der Waals surface area contributed by atoms with Crippen LogP contribution in [0.3, 0.4) is 0 Å². The van der Waals surface area contributed by atoms with Crippen molar-refractivity contribution in [2.24, 2.45) is 0 Å². The van der Waals surface area contributed by atoms with E-state index in [0.717, 1.165) is 22.8 Å². The Labute approximate surface area is 119 Å². The minimum absolute atomic E-state index is 0.158. The molecule has 108 valence electrons. The monoisotopic (exact) mass is 274 g/mol. The van der Waals surface area contributed by atoms with E-state index >= 15 is 0 Å². The van der Waals surface area contributed by atoms with Crippen LogP contribution in [-0.4, -0.2) is 6.61 Å². The van der Waals surface area contributed by atoms with Crippen molar-refractivity contribution < 1.29 is 9.15 Å². The third-order valence-corrected chi connectivity index (χ3v) is 3.24. The molecule has 0 fully saturated rings. The van der Waals surface area contributed by atoms with Crippen LogP contribution in [0.25, 0.3) is 0 Å². The van der Waals surface area contributed by atoms with Crippen molar-refractivity contribution in [2.75, 3.05) is 17.7 Å². The SMILES string of the molecule is CCOc1cc(NC(C)c2cc(C)oc2C)ccc1N. The maximum atomic E-state index is 5.88. The second kappa shape index (κ2) is 5.90. The molecule has 0 saturated heterocycles. The fraction of sp³-hybridized carbons (Fsp3) is 0.375. The minimum Gasteiger partial charge on any atom is -0.492 e. The highest BCUT2D eigenvalue weighted by molar-refractivity contribution is 5.61. The predicted molar refractivity (Wildman–Crippen MR) is 82.2 cm³/mol. The second-order valence-corrected chi connectivity index (χ2v) is 4.92. The molecular formula is C16H22N2O2. The summed E-state index contributed by atoms with van der Waals surface area (Å²) in [5, 5.41) is 3.44. The molecule has 0 saturated carbocycles. The van der Waals surface area contributed by atoms with Gasteiger partial charge in [-0.3, -0.25) is 0 Å². The number of benzene rings is 1. The van der Waals surface area contributed by atoms with Crippen molar-refractivity contribution in [3.63, 3.8) is 0 Å². The summed E-state index contributed by atoms with van der Waals surface area (Å²) in [4.78, 5) is 0. The van der Waals surface area contributed by atoms with E-state index in [1.807, 2.05) is 39.0 Å². The maximum Gasteiger partial charge on any atom is 0.144 e. The predicted octanol–water partition coefficient (Wildman–Crippen LogP) is 4.05. The van der Waals surface area contributed by atoms with E-state index in [4.69, 9.17) is 14.9 Å². The number of furan rings is 1. The summed E-state index contributed by atoms with van der Waals surface area (Å²) in [6.07, 6.45) is 0. The Morgan fingerprint density at radius 2 is 2.05 bits per heavy atom. The zero-order chi connectivity index (χ0) is 14.7. The average Bonchev–Trinajstić information content (AvgIpc) is 2.73. The first kappa shape index (κ1) is 14.3. The molecule has 4 nitrogen and oxygen atoms in total. The highest BCUT2D eigenvalue weighted by Gasteiger charge is 2.13. The molecule has 1 unspecified atom stereocenters. The quantitative estimate of drug-likeness (QED) is 0.807. The molecule has 4 heteroatoms. The van der Waals surface area contributed by atoms with E-state index in [9.17, 15) is 0 Å². The zero-order valence-corrected chi connectivity index (χ0v) is 12.5. The van der Waals surface area contributed by atoms with Gasteiger partial charge in [0, 0.05) is 17.3 Å². The van der Waals surface area contributed by atoms with Gasteiger partial charge in [-0.25, -0.2) is 0 Å². The molecule has 3 N–H and O–H groups in total. The topological polar surface area (TPSA) is 60.4 Å². The van der Waals surface area contributed by atoms with Gasteiger partial charge < -0.3 is 20.2 Å². The van der Waals surface area contributed by atoms with Crippen LogP contribution in [0.1, 0.15) is 37.0 Å². The molecule has 1 heterocycles. The van der Waals surface area contributed by atoms with Crippen LogP contribution in [0.5, 0.6) is 5.75 Å². The summed E-state index contributed by atoms with van der Waals surface area (Å²) < 4.78 is 11.1. The minimum atomic E-state index is 0.158. The summed E-state index contributed by atoms with van der Waals surface area (Å²) in [5.41, 5.74) is 8.67. The number of nitrogens with two attached hydrogens (primary N) is 1. The molecule has 20 heavy (non-hydrogen) atoms. The lowest BCUT2D eigenvalue weighted by Crippen LogP contribution is -2.07. The van der Waals surface area contributed by atoms with Gasteiger partial charge >= 0.3 is 0 Å². The van der Waals surface area contributed by atoms with Crippen LogP contribution in [0.2, 0.25) is 0 Å². The molecule has 0 aliphatic carbocycles. The van der Waals surface area contributed by atoms with Gasteiger partial charge in [0.05, 0.1) is 18.3 Å². The molecule has 0 radical (unpaired) electrons. The van der Waals surface area contributed by atoms with Gasteiger partial charge in [-0.05, 0) is 45.9 Å². The molecule has 0 amide bonds. The number of nitrogens with one attached hydrogen (secondary N) is 1. The molecule has 0 bridgehead atoms. The Kier molecular flexibility index (Phi) is 4.23. The number of anilines is 2. The van der Waals surface area contributed by atoms with Crippen molar-refractivity contribution in [1.29, 1.82) is 0 Å². The van der Waals surface area contributed by atoms with Crippen molar-refractivity contribution in [1.82, 2.24) is 0 Å². The highest BCUT2D eigenvalue weighted by atomic mass is 16.5. The van der Waals surface area contributed by atoms with Crippen LogP contribution in [0.15, 0.2) is 28.7 Å². The van der Waals surface area contributed by atoms with Gasteiger partial charge in [-0.1, -0.05) is 0 Å². The molecule has 0 spiro atoms. The fourth-order valence-corrected chi connectivity index (χ4v) is 2.31. The van der Waals surface area contributed by atoms with Crippen LogP contribution >= 0.6 is 0 Å². The molecular weight excluding hydrogens is 252 g/mol. The Hall–Kier alpha value is -2.10. The number of nitrogen functional groups attached to an aromatic ring is 1. The Balaban J connectivity index is 2.17. The Bertz CT molecular complexity index is 590. The molecule has 1 atom stereocenters. The van der Waals surface area contributed by atoms with Crippen LogP contribution in [-0.2, 0) is 0 Å². The maximum absolute atomic E-state index is 5.88. The lowest BCUT2D eigenvalue weighted by atomic mass is 10.1. The van der Waals surface area contributed by atoms with Gasteiger partial charge in [-0.15, -0.1) is 0 Å². The highest BCUT2D eigenvalue weighted by Crippen LogP contribution is 2.29. The first-order chi connectivity index (χ1) is 9.51. The summed E-state index contributed by atoms with van der Waals surface area (Å²) in [6, 6.07) is 7.96. The van der Waals surface area contributed by atoms with Gasteiger partial charge in [0.2, 0.25) is 0 Å². The second-order valence-electron chi connectivity index (χ2n) is 4.92. The molecule has 2 rings (SSSR count). The van der Waals surface area contributed by atoms with Crippen LogP contribution in [0, 0.1) is 13.8 Å². The van der Waals surface area contributed by atoms with Crippen molar-refractivity contribution in [3.05, 3.63) is 41.3 Å². The van der Waals surface area contributed by atoms with Gasteiger partial charge in [0.15, 0.2) is 0 Å². The summed E-state index contributed by atoms with van der Waals surface area (Å²) in [6.45, 7) is 8.59. The fourth-order valence-electron chi connectivity index (χ4n) is 2.31. The number of aryl methyl sites for hydroxylation is 2. The normalized spacial score (nSPS) is 12.2.